The van der Waals surface area contributed by atoms with Gasteiger partial charge in [-0.3, -0.25) is 10.1 Å². The zero-order chi connectivity index (χ0) is 18.1. The van der Waals surface area contributed by atoms with Gasteiger partial charge in [-0.05, 0) is 48.4 Å². The van der Waals surface area contributed by atoms with Crippen LogP contribution < -0.4 is 0 Å². The van der Waals surface area contributed by atoms with E-state index in [0.717, 1.165) is 23.6 Å². The van der Waals surface area contributed by atoms with Crippen molar-refractivity contribution >= 4 is 29.2 Å². The summed E-state index contributed by atoms with van der Waals surface area (Å²) in [5.74, 6) is 1.63. The van der Waals surface area contributed by atoms with Crippen molar-refractivity contribution in [1.82, 2.24) is 10.2 Å². The van der Waals surface area contributed by atoms with Crippen molar-refractivity contribution in [3.8, 4) is 10.8 Å². The van der Waals surface area contributed by atoms with Crippen molar-refractivity contribution < 1.29 is 9.34 Å². The molecule has 0 fully saturated rings. The summed E-state index contributed by atoms with van der Waals surface area (Å²) >= 11 is 1.73. The van der Waals surface area contributed by atoms with Gasteiger partial charge in [0.25, 0.3) is 11.6 Å². The monoisotopic (exact) mass is 367 g/mol. The first kappa shape index (κ1) is 16.7. The molecule has 2 aromatic heterocycles. The number of fused-ring (bicyclic) bond motifs is 1. The van der Waals surface area contributed by atoms with Crippen LogP contribution in [0.1, 0.15) is 35.2 Å². The highest BCUT2D eigenvalue weighted by molar-refractivity contribution is 7.15. The molecule has 7 heteroatoms. The number of rotatable bonds is 4. The van der Waals surface area contributed by atoms with Gasteiger partial charge < -0.3 is 4.42 Å². The number of aryl methyl sites for hydroxylation is 1. The first-order valence-corrected chi connectivity index (χ1v) is 9.28. The molecule has 6 nitrogen and oxygen atoms in total. The second-order valence-electron chi connectivity index (χ2n) is 6.54. The summed E-state index contributed by atoms with van der Waals surface area (Å²) in [6, 6.07) is 8.56. The minimum Gasteiger partial charge on any atom is -0.416 e. The van der Waals surface area contributed by atoms with Gasteiger partial charge in [-0.25, -0.2) is 0 Å². The Balaban J connectivity index is 1.53. The second-order valence-corrected chi connectivity index (χ2v) is 7.67. The van der Waals surface area contributed by atoms with E-state index in [1.165, 1.54) is 29.0 Å². The molecular weight excluding hydrogens is 350 g/mol. The summed E-state index contributed by atoms with van der Waals surface area (Å²) in [4.78, 5) is 12.8. The van der Waals surface area contributed by atoms with E-state index in [-0.39, 0.29) is 5.69 Å². The summed E-state index contributed by atoms with van der Waals surface area (Å²) in [7, 11) is 0. The SMILES string of the molecule is C[C@H]1CCc2sc(-c3nnc(/C=C/c4cccc([N+](=O)[O-])c4)o3)cc2C1. The van der Waals surface area contributed by atoms with Gasteiger partial charge in [0.2, 0.25) is 5.89 Å². The smallest absolute Gasteiger partial charge is 0.270 e. The highest BCUT2D eigenvalue weighted by atomic mass is 32.1. The first-order chi connectivity index (χ1) is 12.6. The number of aromatic nitrogens is 2. The van der Waals surface area contributed by atoms with Crippen LogP contribution in [0.4, 0.5) is 5.69 Å². The van der Waals surface area contributed by atoms with Crippen LogP contribution in [0.5, 0.6) is 0 Å². The maximum atomic E-state index is 10.8. The fourth-order valence-electron chi connectivity index (χ4n) is 3.12. The number of nitro groups is 1. The van der Waals surface area contributed by atoms with E-state index < -0.39 is 4.92 Å². The minimum absolute atomic E-state index is 0.0526. The van der Waals surface area contributed by atoms with Gasteiger partial charge in [-0.15, -0.1) is 21.5 Å². The molecule has 1 aliphatic rings. The molecule has 1 aromatic carbocycles. The summed E-state index contributed by atoms with van der Waals surface area (Å²) in [6.45, 7) is 2.28. The fourth-order valence-corrected chi connectivity index (χ4v) is 4.25. The van der Waals surface area contributed by atoms with E-state index in [1.807, 2.05) is 0 Å². The Kier molecular flexibility index (Phi) is 4.38. The Morgan fingerprint density at radius 3 is 3.04 bits per heavy atom. The molecule has 26 heavy (non-hydrogen) atoms. The van der Waals surface area contributed by atoms with Gasteiger partial charge in [-0.1, -0.05) is 19.1 Å². The van der Waals surface area contributed by atoms with E-state index in [4.69, 9.17) is 4.42 Å². The standard InChI is InChI=1S/C19H17N3O3S/c1-12-5-7-16-14(9-12)11-17(26-16)19-21-20-18(25-19)8-6-13-3-2-4-15(10-13)22(23)24/h2-4,6,8,10-12H,5,7,9H2,1H3/b8-6+/t12-/m0/s1. The Hall–Kier alpha value is -2.80. The van der Waals surface area contributed by atoms with Crippen LogP contribution >= 0.6 is 11.3 Å². The van der Waals surface area contributed by atoms with Crippen molar-refractivity contribution in [2.24, 2.45) is 5.92 Å². The van der Waals surface area contributed by atoms with Crippen LogP contribution in [0.15, 0.2) is 34.7 Å². The molecule has 1 aliphatic carbocycles. The van der Waals surface area contributed by atoms with Crippen LogP contribution in [0.3, 0.4) is 0 Å². The third-order valence-electron chi connectivity index (χ3n) is 4.48. The highest BCUT2D eigenvalue weighted by Gasteiger charge is 2.20. The summed E-state index contributed by atoms with van der Waals surface area (Å²) in [5, 5.41) is 19.0. The number of hydrogen-bond donors (Lipinski definition) is 0. The molecule has 1 atom stereocenters. The number of thiophene rings is 1. The van der Waals surface area contributed by atoms with E-state index in [1.54, 1.807) is 35.6 Å². The van der Waals surface area contributed by atoms with Crippen LogP contribution in [-0.2, 0) is 12.8 Å². The largest absolute Gasteiger partial charge is 0.416 e. The molecule has 132 valence electrons. The molecule has 0 aliphatic heterocycles. The average molecular weight is 367 g/mol. The van der Waals surface area contributed by atoms with Gasteiger partial charge >= 0.3 is 0 Å². The molecule has 0 amide bonds. The van der Waals surface area contributed by atoms with Crippen LogP contribution in [-0.4, -0.2) is 15.1 Å². The lowest BCUT2D eigenvalue weighted by Crippen LogP contribution is -2.07. The minimum atomic E-state index is -0.415. The van der Waals surface area contributed by atoms with E-state index in [0.29, 0.717) is 17.3 Å². The molecule has 0 bridgehead atoms. The van der Waals surface area contributed by atoms with Gasteiger partial charge in [0.15, 0.2) is 0 Å². The van der Waals surface area contributed by atoms with Crippen molar-refractivity contribution in [1.29, 1.82) is 0 Å². The number of non-ortho nitro benzene ring substituents is 1. The first-order valence-electron chi connectivity index (χ1n) is 8.46. The molecule has 0 radical (unpaired) electrons. The van der Waals surface area contributed by atoms with Gasteiger partial charge in [0, 0.05) is 23.1 Å². The van der Waals surface area contributed by atoms with Crippen molar-refractivity contribution in [3.63, 3.8) is 0 Å². The third-order valence-corrected chi connectivity index (χ3v) is 5.71. The second kappa shape index (κ2) is 6.84. The zero-order valence-corrected chi connectivity index (χ0v) is 15.0. The van der Waals surface area contributed by atoms with Crippen molar-refractivity contribution in [2.75, 3.05) is 0 Å². The Bertz CT molecular complexity index is 990. The Morgan fingerprint density at radius 2 is 2.19 bits per heavy atom. The zero-order valence-electron chi connectivity index (χ0n) is 14.2. The Morgan fingerprint density at radius 1 is 1.31 bits per heavy atom. The van der Waals surface area contributed by atoms with Gasteiger partial charge in [0.1, 0.15) is 0 Å². The maximum absolute atomic E-state index is 10.8. The van der Waals surface area contributed by atoms with E-state index >= 15 is 0 Å². The molecule has 3 aromatic rings. The summed E-state index contributed by atoms with van der Waals surface area (Å²) in [5.41, 5.74) is 2.16. The lowest BCUT2D eigenvalue weighted by atomic mass is 9.90. The van der Waals surface area contributed by atoms with Gasteiger partial charge in [0.05, 0.1) is 9.80 Å². The van der Waals surface area contributed by atoms with Crippen molar-refractivity contribution in [3.05, 3.63) is 62.3 Å². The summed E-state index contributed by atoms with van der Waals surface area (Å²) in [6.07, 6.45) is 6.86. The lowest BCUT2D eigenvalue weighted by molar-refractivity contribution is -0.384. The van der Waals surface area contributed by atoms with Crippen LogP contribution in [0.2, 0.25) is 0 Å². The summed E-state index contributed by atoms with van der Waals surface area (Å²) < 4.78 is 5.74. The van der Waals surface area contributed by atoms with E-state index in [2.05, 4.69) is 23.2 Å². The van der Waals surface area contributed by atoms with Crippen LogP contribution in [0, 0.1) is 16.0 Å². The molecule has 2 heterocycles. The normalized spacial score (nSPS) is 16.7. The molecule has 0 saturated heterocycles. The van der Waals surface area contributed by atoms with Gasteiger partial charge in [-0.2, -0.15) is 0 Å². The molecule has 0 spiro atoms. The van der Waals surface area contributed by atoms with Crippen molar-refractivity contribution in [2.45, 2.75) is 26.2 Å². The maximum Gasteiger partial charge on any atom is 0.270 e. The quantitative estimate of drug-likeness (QED) is 0.478. The molecule has 4 rings (SSSR count). The number of nitro benzene ring substituents is 1. The van der Waals surface area contributed by atoms with Crippen LogP contribution in [0.25, 0.3) is 22.9 Å². The fraction of sp³-hybridized carbons (Fsp3) is 0.263. The average Bonchev–Trinajstić information content (AvgIpc) is 3.26. The number of hydrogen-bond acceptors (Lipinski definition) is 6. The number of benzene rings is 1. The molecule has 0 saturated carbocycles. The Labute approximate surface area is 154 Å². The highest BCUT2D eigenvalue weighted by Crippen LogP contribution is 2.36. The lowest BCUT2D eigenvalue weighted by Gasteiger charge is -2.16. The predicted molar refractivity (Wildman–Crippen MR) is 101 cm³/mol. The van der Waals surface area contributed by atoms with E-state index in [9.17, 15) is 10.1 Å². The number of nitrogens with zero attached hydrogens (tertiary/aromatic N) is 3. The molecule has 0 unspecified atom stereocenters. The third kappa shape index (κ3) is 3.43. The predicted octanol–water partition coefficient (Wildman–Crippen LogP) is 5.00. The molecule has 0 N–H and O–H groups in total. The molecular formula is C19H17N3O3S. The topological polar surface area (TPSA) is 82.1 Å².